The standard InChI is InChI=1S/C14H15NO2S.C11H25N5O2/c1-9(2)11-5-4-10(3)13(6-11)17-14-15-12(7-16)8-18-14;1-5-14-6-7-15-8-16-11(18-4)9(13-2)10(12)17-3/h4-9H,1-3H3;13-15H,5-8,12H2,1-4H3/b;10-9-,16-11+. The van der Waals surface area contributed by atoms with E-state index in [1.165, 1.54) is 31.1 Å². The molecule has 0 spiro atoms. The topological polar surface area (TPSA) is 132 Å². The number of benzene rings is 1. The maximum Gasteiger partial charge on any atom is 0.279 e. The summed E-state index contributed by atoms with van der Waals surface area (Å²) in [6.07, 6.45) is 0.723. The Bertz CT molecular complexity index is 991. The number of hydrogen-bond donors (Lipinski definition) is 4. The Labute approximate surface area is 218 Å². The molecule has 200 valence electrons. The van der Waals surface area contributed by atoms with Gasteiger partial charge in [-0.05, 0) is 36.6 Å². The lowest BCUT2D eigenvalue weighted by atomic mass is 10.0. The summed E-state index contributed by atoms with van der Waals surface area (Å²) >= 11 is 1.33. The summed E-state index contributed by atoms with van der Waals surface area (Å²) in [6.45, 7) is 11.5. The molecule has 0 bridgehead atoms. The van der Waals surface area contributed by atoms with Crippen molar-refractivity contribution in [3.63, 3.8) is 0 Å². The summed E-state index contributed by atoms with van der Waals surface area (Å²) in [5.74, 6) is 1.90. The molecule has 1 aromatic heterocycles. The fourth-order valence-corrected chi connectivity index (χ4v) is 3.42. The molecule has 2 aromatic rings. The van der Waals surface area contributed by atoms with Gasteiger partial charge >= 0.3 is 0 Å². The second-order valence-corrected chi connectivity index (χ2v) is 8.63. The van der Waals surface area contributed by atoms with E-state index < -0.39 is 0 Å². The van der Waals surface area contributed by atoms with E-state index in [9.17, 15) is 4.79 Å². The van der Waals surface area contributed by atoms with Crippen LogP contribution in [0, 0.1) is 6.92 Å². The molecule has 0 aliphatic rings. The first-order valence-electron chi connectivity index (χ1n) is 11.7. The molecule has 36 heavy (non-hydrogen) atoms. The maximum absolute atomic E-state index is 10.6. The van der Waals surface area contributed by atoms with Gasteiger partial charge in [0.15, 0.2) is 12.0 Å². The summed E-state index contributed by atoms with van der Waals surface area (Å²) in [4.78, 5) is 18.9. The van der Waals surface area contributed by atoms with E-state index >= 15 is 0 Å². The Balaban J connectivity index is 0.000000360. The smallest absolute Gasteiger partial charge is 0.279 e. The minimum Gasteiger partial charge on any atom is -0.481 e. The molecular weight excluding hydrogens is 480 g/mol. The molecule has 0 amide bonds. The Morgan fingerprint density at radius 3 is 2.50 bits per heavy atom. The predicted octanol–water partition coefficient (Wildman–Crippen LogP) is 3.36. The van der Waals surface area contributed by atoms with Gasteiger partial charge in [-0.2, -0.15) is 4.98 Å². The van der Waals surface area contributed by atoms with Gasteiger partial charge in [0.2, 0.25) is 11.8 Å². The van der Waals surface area contributed by atoms with Crippen LogP contribution in [0.25, 0.3) is 0 Å². The lowest BCUT2D eigenvalue weighted by Crippen LogP contribution is -2.29. The van der Waals surface area contributed by atoms with Gasteiger partial charge in [0.1, 0.15) is 11.4 Å². The van der Waals surface area contributed by atoms with Gasteiger partial charge in [-0.15, -0.1) is 0 Å². The molecule has 5 N–H and O–H groups in total. The number of nitrogens with two attached hydrogens (primary N) is 1. The predicted molar refractivity (Wildman–Crippen MR) is 146 cm³/mol. The number of aldehydes is 1. The van der Waals surface area contributed by atoms with Crippen LogP contribution < -0.4 is 26.4 Å². The van der Waals surface area contributed by atoms with Crippen LogP contribution in [-0.2, 0) is 9.47 Å². The number of hydrogen-bond acceptors (Lipinski definition) is 11. The lowest BCUT2D eigenvalue weighted by molar-refractivity contribution is 0.111. The van der Waals surface area contributed by atoms with E-state index in [2.05, 4.69) is 52.8 Å². The van der Waals surface area contributed by atoms with Crippen molar-refractivity contribution in [2.75, 3.05) is 47.6 Å². The van der Waals surface area contributed by atoms with Crippen LogP contribution >= 0.6 is 11.3 Å². The fraction of sp³-hybridized carbons (Fsp3) is 0.480. The first-order valence-corrected chi connectivity index (χ1v) is 12.6. The molecule has 0 aliphatic heterocycles. The van der Waals surface area contributed by atoms with E-state index in [0.717, 1.165) is 37.2 Å². The largest absolute Gasteiger partial charge is 0.481 e. The van der Waals surface area contributed by atoms with Crippen LogP contribution in [0.5, 0.6) is 10.9 Å². The van der Waals surface area contributed by atoms with E-state index in [1.54, 1.807) is 12.4 Å². The lowest BCUT2D eigenvalue weighted by Gasteiger charge is -2.12. The number of nitrogens with one attached hydrogen (secondary N) is 3. The zero-order valence-corrected chi connectivity index (χ0v) is 23.1. The SMILES string of the molecule is CCNCCNC/N=C(OC)\C(NC)=C(/N)OC.Cc1ccc(C(C)C)cc1Oc1nc(C=O)cs1. The first-order chi connectivity index (χ1) is 17.3. The molecule has 0 saturated carbocycles. The van der Waals surface area contributed by atoms with Gasteiger partial charge in [0, 0.05) is 25.5 Å². The van der Waals surface area contributed by atoms with Crippen LogP contribution in [0.3, 0.4) is 0 Å². The van der Waals surface area contributed by atoms with Crippen LogP contribution in [0.15, 0.2) is 40.2 Å². The number of methoxy groups -OCH3 is 2. The highest BCUT2D eigenvalue weighted by molar-refractivity contribution is 7.11. The maximum atomic E-state index is 10.6. The number of rotatable bonds is 13. The molecular formula is C25H40N6O4S. The summed E-state index contributed by atoms with van der Waals surface area (Å²) in [7, 11) is 4.76. The van der Waals surface area contributed by atoms with Gasteiger partial charge in [0.25, 0.3) is 5.19 Å². The van der Waals surface area contributed by atoms with Gasteiger partial charge in [-0.25, -0.2) is 4.99 Å². The number of aliphatic imine (C=N–C) groups is 1. The molecule has 0 radical (unpaired) electrons. The number of ether oxygens (including phenoxy) is 3. The van der Waals surface area contributed by atoms with Gasteiger partial charge in [-0.1, -0.05) is 44.2 Å². The minimum absolute atomic E-state index is 0.241. The monoisotopic (exact) mass is 520 g/mol. The third-order valence-electron chi connectivity index (χ3n) is 4.88. The third kappa shape index (κ3) is 10.6. The highest BCUT2D eigenvalue weighted by Crippen LogP contribution is 2.30. The zero-order valence-electron chi connectivity index (χ0n) is 22.3. The Kier molecular flexibility index (Phi) is 14.8. The third-order valence-corrected chi connectivity index (χ3v) is 5.62. The first kappa shape index (κ1) is 30.9. The van der Waals surface area contributed by atoms with Gasteiger partial charge < -0.3 is 30.6 Å². The molecule has 0 unspecified atom stereocenters. The fourth-order valence-electron chi connectivity index (χ4n) is 2.79. The molecule has 0 saturated heterocycles. The number of likely N-dealkylation sites (N-methyl/N-ethyl adjacent to an activating group) is 2. The van der Waals surface area contributed by atoms with Crippen LogP contribution in [0.2, 0.25) is 0 Å². The number of carbonyl (C=O) groups excluding carboxylic acids is 1. The van der Waals surface area contributed by atoms with Crippen molar-refractivity contribution < 1.29 is 19.0 Å². The van der Waals surface area contributed by atoms with Crippen molar-refractivity contribution in [2.45, 2.75) is 33.6 Å². The second-order valence-electron chi connectivity index (χ2n) is 7.81. The molecule has 0 atom stereocenters. The zero-order chi connectivity index (χ0) is 26.9. The van der Waals surface area contributed by atoms with Crippen molar-refractivity contribution in [3.05, 3.63) is 52.0 Å². The summed E-state index contributed by atoms with van der Waals surface area (Å²) < 4.78 is 15.8. The van der Waals surface area contributed by atoms with Crippen molar-refractivity contribution in [3.8, 4) is 10.9 Å². The van der Waals surface area contributed by atoms with Crippen molar-refractivity contribution in [1.29, 1.82) is 0 Å². The number of thiazole rings is 1. The van der Waals surface area contributed by atoms with Crippen molar-refractivity contribution >= 4 is 23.5 Å². The molecule has 2 rings (SSSR count). The second kappa shape index (κ2) is 17.3. The van der Waals surface area contributed by atoms with Crippen molar-refractivity contribution in [1.82, 2.24) is 20.9 Å². The van der Waals surface area contributed by atoms with E-state index in [4.69, 9.17) is 19.9 Å². The molecule has 0 fully saturated rings. The molecule has 0 aliphatic carbocycles. The summed E-state index contributed by atoms with van der Waals surface area (Å²) in [5, 5.41) is 11.5. The average Bonchev–Trinajstić information content (AvgIpc) is 3.34. The highest BCUT2D eigenvalue weighted by atomic mass is 32.1. The highest BCUT2D eigenvalue weighted by Gasteiger charge is 2.11. The number of nitrogens with zero attached hydrogens (tertiary/aromatic N) is 2. The number of aromatic nitrogens is 1. The summed E-state index contributed by atoms with van der Waals surface area (Å²) in [6, 6.07) is 6.17. The van der Waals surface area contributed by atoms with E-state index in [0.29, 0.717) is 35.1 Å². The van der Waals surface area contributed by atoms with Crippen LogP contribution in [0.4, 0.5) is 0 Å². The quantitative estimate of drug-likeness (QED) is 0.103. The minimum atomic E-state index is 0.241. The Morgan fingerprint density at radius 2 is 1.94 bits per heavy atom. The van der Waals surface area contributed by atoms with Crippen LogP contribution in [-0.4, -0.2) is 64.7 Å². The molecule has 1 aromatic carbocycles. The van der Waals surface area contributed by atoms with E-state index in [-0.39, 0.29) is 5.88 Å². The summed E-state index contributed by atoms with van der Waals surface area (Å²) in [5.41, 5.74) is 8.91. The number of aryl methyl sites for hydroxylation is 1. The Morgan fingerprint density at radius 1 is 1.22 bits per heavy atom. The van der Waals surface area contributed by atoms with Gasteiger partial charge in [-0.3, -0.25) is 10.1 Å². The average molecular weight is 521 g/mol. The van der Waals surface area contributed by atoms with Crippen molar-refractivity contribution in [2.24, 2.45) is 10.7 Å². The van der Waals surface area contributed by atoms with Gasteiger partial charge in [0.05, 0.1) is 20.9 Å². The normalized spacial score (nSPS) is 11.8. The Hall–Kier alpha value is -3.15. The number of carbonyl (C=O) groups is 1. The van der Waals surface area contributed by atoms with Crippen LogP contribution in [0.1, 0.15) is 48.3 Å². The molecule has 10 nitrogen and oxygen atoms in total. The molecule has 11 heteroatoms. The molecule has 1 heterocycles. The van der Waals surface area contributed by atoms with E-state index in [1.807, 2.05) is 19.1 Å².